The molecule has 0 aliphatic carbocycles. The molecule has 5 nitrogen and oxygen atoms in total. The van der Waals surface area contributed by atoms with E-state index < -0.39 is 0 Å². The standard InChI is InChI=1S/C15H22N2O3S/c1-19-12-5-6-13(14(8-12)20-2)16-15(21)17-7-3-4-11(9-17)10-18/h5-6,8,11,18H,3-4,7,9-10H2,1-2H3,(H,16,21)/t11-/m0/s1. The van der Waals surface area contributed by atoms with E-state index in [1.165, 1.54) is 0 Å². The molecule has 6 heteroatoms. The molecule has 1 aliphatic heterocycles. The minimum atomic E-state index is 0.213. The van der Waals surface area contributed by atoms with Crippen molar-refractivity contribution >= 4 is 23.0 Å². The molecule has 2 N–H and O–H groups in total. The first-order valence-corrected chi connectivity index (χ1v) is 7.47. The Balaban J connectivity index is 2.05. The summed E-state index contributed by atoms with van der Waals surface area (Å²) in [7, 11) is 3.24. The van der Waals surface area contributed by atoms with Gasteiger partial charge in [-0.25, -0.2) is 0 Å². The number of hydrogen-bond acceptors (Lipinski definition) is 4. The lowest BCUT2D eigenvalue weighted by Gasteiger charge is -2.34. The fraction of sp³-hybridized carbons (Fsp3) is 0.533. The van der Waals surface area contributed by atoms with E-state index >= 15 is 0 Å². The SMILES string of the molecule is COc1ccc(NC(=S)N2CCC[C@H](CO)C2)c(OC)c1. The zero-order valence-electron chi connectivity index (χ0n) is 12.5. The molecule has 1 aliphatic rings. The van der Waals surface area contributed by atoms with Gasteiger partial charge in [-0.15, -0.1) is 0 Å². The highest BCUT2D eigenvalue weighted by atomic mass is 32.1. The van der Waals surface area contributed by atoms with Crippen molar-refractivity contribution in [2.45, 2.75) is 12.8 Å². The summed E-state index contributed by atoms with van der Waals surface area (Å²) >= 11 is 5.47. The third-order valence-electron chi connectivity index (χ3n) is 3.71. The molecule has 1 heterocycles. The van der Waals surface area contributed by atoms with E-state index in [-0.39, 0.29) is 6.61 Å². The van der Waals surface area contributed by atoms with Gasteiger partial charge < -0.3 is 24.8 Å². The topological polar surface area (TPSA) is 54.0 Å². The van der Waals surface area contributed by atoms with Crippen molar-refractivity contribution in [2.24, 2.45) is 5.92 Å². The van der Waals surface area contributed by atoms with Crippen molar-refractivity contribution in [1.29, 1.82) is 0 Å². The zero-order chi connectivity index (χ0) is 15.2. The Morgan fingerprint density at radius 3 is 2.90 bits per heavy atom. The average molecular weight is 310 g/mol. The number of ether oxygens (including phenoxy) is 2. The lowest BCUT2D eigenvalue weighted by molar-refractivity contribution is 0.162. The molecule has 2 rings (SSSR count). The van der Waals surface area contributed by atoms with Crippen molar-refractivity contribution in [1.82, 2.24) is 4.90 Å². The van der Waals surface area contributed by atoms with Crippen LogP contribution in [0.3, 0.4) is 0 Å². The van der Waals surface area contributed by atoms with E-state index in [1.54, 1.807) is 14.2 Å². The van der Waals surface area contributed by atoms with Crippen molar-refractivity contribution < 1.29 is 14.6 Å². The van der Waals surface area contributed by atoms with Crippen LogP contribution in [0.25, 0.3) is 0 Å². The molecule has 1 saturated heterocycles. The molecule has 1 atom stereocenters. The number of thiocarbonyl (C=S) groups is 1. The maximum absolute atomic E-state index is 9.30. The number of nitrogens with one attached hydrogen (secondary N) is 1. The molecule has 1 aromatic rings. The molecule has 0 aromatic heterocycles. The van der Waals surface area contributed by atoms with Gasteiger partial charge in [-0.2, -0.15) is 0 Å². The molecule has 0 radical (unpaired) electrons. The lowest BCUT2D eigenvalue weighted by Crippen LogP contribution is -2.43. The van der Waals surface area contributed by atoms with Gasteiger partial charge in [-0.05, 0) is 43.1 Å². The summed E-state index contributed by atoms with van der Waals surface area (Å²) in [6, 6.07) is 5.56. The molecule has 0 amide bonds. The molecule has 0 bridgehead atoms. The van der Waals surface area contributed by atoms with E-state index in [0.29, 0.717) is 16.8 Å². The predicted molar refractivity (Wildman–Crippen MR) is 87.1 cm³/mol. The third kappa shape index (κ3) is 3.98. The van der Waals surface area contributed by atoms with Gasteiger partial charge in [0.25, 0.3) is 0 Å². The van der Waals surface area contributed by atoms with Crippen LogP contribution in [0.15, 0.2) is 18.2 Å². The highest BCUT2D eigenvalue weighted by Gasteiger charge is 2.21. The third-order valence-corrected chi connectivity index (χ3v) is 4.07. The van der Waals surface area contributed by atoms with Crippen molar-refractivity contribution in [3.8, 4) is 11.5 Å². The second kappa shape index (κ2) is 7.47. The average Bonchev–Trinajstić information content (AvgIpc) is 2.55. The van der Waals surface area contributed by atoms with Gasteiger partial charge in [0.2, 0.25) is 0 Å². The van der Waals surface area contributed by atoms with Crippen LogP contribution in [-0.2, 0) is 0 Å². The molecule has 0 spiro atoms. The van der Waals surface area contributed by atoms with Gasteiger partial charge in [-0.3, -0.25) is 0 Å². The number of benzene rings is 1. The number of likely N-dealkylation sites (tertiary alicyclic amines) is 1. The molecule has 0 saturated carbocycles. The molecular weight excluding hydrogens is 288 g/mol. The van der Waals surface area contributed by atoms with Crippen LogP contribution in [0.2, 0.25) is 0 Å². The normalized spacial score (nSPS) is 18.2. The Hall–Kier alpha value is -1.53. The van der Waals surface area contributed by atoms with Crippen LogP contribution in [-0.4, -0.2) is 49.0 Å². The minimum Gasteiger partial charge on any atom is -0.497 e. The van der Waals surface area contributed by atoms with Gasteiger partial charge >= 0.3 is 0 Å². The Bertz CT molecular complexity index is 496. The first-order chi connectivity index (χ1) is 10.2. The first-order valence-electron chi connectivity index (χ1n) is 7.06. The van der Waals surface area contributed by atoms with Crippen molar-refractivity contribution in [2.75, 3.05) is 39.2 Å². The minimum absolute atomic E-state index is 0.213. The number of methoxy groups -OCH3 is 2. The first kappa shape index (κ1) is 15.9. The molecule has 116 valence electrons. The van der Waals surface area contributed by atoms with E-state index in [1.807, 2.05) is 18.2 Å². The second-order valence-corrected chi connectivity index (χ2v) is 5.52. The summed E-state index contributed by atoms with van der Waals surface area (Å²) in [5.41, 5.74) is 0.814. The lowest BCUT2D eigenvalue weighted by atomic mass is 9.99. The fourth-order valence-corrected chi connectivity index (χ4v) is 2.77. The number of hydrogen-bond donors (Lipinski definition) is 2. The van der Waals surface area contributed by atoms with Gasteiger partial charge in [0, 0.05) is 25.8 Å². The summed E-state index contributed by atoms with van der Waals surface area (Å²) in [6.07, 6.45) is 2.11. The van der Waals surface area contributed by atoms with E-state index in [4.69, 9.17) is 21.7 Å². The maximum Gasteiger partial charge on any atom is 0.173 e. The summed E-state index contributed by atoms with van der Waals surface area (Å²) in [5, 5.41) is 13.2. The number of aliphatic hydroxyl groups is 1. The predicted octanol–water partition coefficient (Wildman–Crippen LogP) is 2.10. The van der Waals surface area contributed by atoms with Gasteiger partial charge in [0.15, 0.2) is 5.11 Å². The summed E-state index contributed by atoms with van der Waals surface area (Å²) < 4.78 is 10.5. The molecule has 0 unspecified atom stereocenters. The Morgan fingerprint density at radius 2 is 2.24 bits per heavy atom. The van der Waals surface area contributed by atoms with Crippen LogP contribution in [0.1, 0.15) is 12.8 Å². The molecular formula is C15H22N2O3S. The molecule has 21 heavy (non-hydrogen) atoms. The zero-order valence-corrected chi connectivity index (χ0v) is 13.3. The van der Waals surface area contributed by atoms with Crippen molar-refractivity contribution in [3.05, 3.63) is 18.2 Å². The Morgan fingerprint density at radius 1 is 1.43 bits per heavy atom. The second-order valence-electron chi connectivity index (χ2n) is 5.13. The fourth-order valence-electron chi connectivity index (χ4n) is 2.49. The van der Waals surface area contributed by atoms with Crippen molar-refractivity contribution in [3.63, 3.8) is 0 Å². The van der Waals surface area contributed by atoms with E-state index in [2.05, 4.69) is 10.2 Å². The van der Waals surface area contributed by atoms with Crippen LogP contribution in [0.4, 0.5) is 5.69 Å². The van der Waals surface area contributed by atoms with Crippen LogP contribution >= 0.6 is 12.2 Å². The summed E-state index contributed by atoms with van der Waals surface area (Å²) in [5.74, 6) is 1.73. The smallest absolute Gasteiger partial charge is 0.173 e. The van der Waals surface area contributed by atoms with Gasteiger partial charge in [0.1, 0.15) is 11.5 Å². The number of piperidine rings is 1. The van der Waals surface area contributed by atoms with Gasteiger partial charge in [-0.1, -0.05) is 0 Å². The quantitative estimate of drug-likeness (QED) is 0.831. The maximum atomic E-state index is 9.30. The van der Waals surface area contributed by atoms with E-state index in [9.17, 15) is 5.11 Å². The number of aliphatic hydroxyl groups excluding tert-OH is 1. The van der Waals surface area contributed by atoms with Crippen LogP contribution in [0, 0.1) is 5.92 Å². The largest absolute Gasteiger partial charge is 0.497 e. The molecule has 1 fully saturated rings. The van der Waals surface area contributed by atoms with Crippen LogP contribution < -0.4 is 14.8 Å². The van der Waals surface area contributed by atoms with E-state index in [0.717, 1.165) is 37.4 Å². The Kier molecular flexibility index (Phi) is 5.64. The summed E-state index contributed by atoms with van der Waals surface area (Å²) in [6.45, 7) is 1.92. The number of rotatable bonds is 4. The van der Waals surface area contributed by atoms with Gasteiger partial charge in [0.05, 0.1) is 19.9 Å². The number of anilines is 1. The number of nitrogens with zero attached hydrogens (tertiary/aromatic N) is 1. The summed E-state index contributed by atoms with van der Waals surface area (Å²) in [4.78, 5) is 2.10. The monoisotopic (exact) mass is 310 g/mol. The van der Waals surface area contributed by atoms with Crippen LogP contribution in [0.5, 0.6) is 11.5 Å². The highest BCUT2D eigenvalue weighted by molar-refractivity contribution is 7.80. The Labute approximate surface area is 130 Å². The molecule has 1 aromatic carbocycles. The highest BCUT2D eigenvalue weighted by Crippen LogP contribution is 2.29.